The molecule has 0 spiro atoms. The van der Waals surface area contributed by atoms with Gasteiger partial charge < -0.3 is 10.1 Å². The van der Waals surface area contributed by atoms with Crippen molar-refractivity contribution in [1.29, 1.82) is 0 Å². The molecule has 0 fully saturated rings. The summed E-state index contributed by atoms with van der Waals surface area (Å²) in [5, 5.41) is 15.8. The van der Waals surface area contributed by atoms with Crippen molar-refractivity contribution in [2.45, 2.75) is 6.92 Å². The van der Waals surface area contributed by atoms with Gasteiger partial charge in [-0.2, -0.15) is 0 Å². The SMILES string of the molecule is C=CCSCC(=O)Nc1scc(-c2cccc([N+](=O)[O-])c2)c1C(=O)OCC. The Hall–Kier alpha value is -2.65. The summed E-state index contributed by atoms with van der Waals surface area (Å²) in [6, 6.07) is 5.98. The first-order valence-electron chi connectivity index (χ1n) is 7.99. The van der Waals surface area contributed by atoms with Crippen LogP contribution in [-0.4, -0.2) is 34.9 Å². The highest BCUT2D eigenvalue weighted by Gasteiger charge is 2.23. The van der Waals surface area contributed by atoms with Gasteiger partial charge in [0.1, 0.15) is 10.6 Å². The maximum Gasteiger partial charge on any atom is 0.341 e. The molecule has 1 amide bonds. The molecule has 0 saturated carbocycles. The Balaban J connectivity index is 2.38. The fourth-order valence-corrected chi connectivity index (χ4v) is 3.77. The lowest BCUT2D eigenvalue weighted by Crippen LogP contribution is -2.16. The Morgan fingerprint density at radius 1 is 1.44 bits per heavy atom. The first-order chi connectivity index (χ1) is 13.0. The van der Waals surface area contributed by atoms with Gasteiger partial charge >= 0.3 is 5.97 Å². The first kappa shape index (κ1) is 20.7. The van der Waals surface area contributed by atoms with Crippen LogP contribution < -0.4 is 5.32 Å². The molecule has 0 saturated heterocycles. The Kier molecular flexibility index (Phi) is 7.56. The molecule has 0 unspecified atom stereocenters. The summed E-state index contributed by atoms with van der Waals surface area (Å²) in [5.41, 5.74) is 1.10. The third-order valence-electron chi connectivity index (χ3n) is 3.36. The fourth-order valence-electron chi connectivity index (χ4n) is 2.25. The first-order valence-corrected chi connectivity index (χ1v) is 10.0. The van der Waals surface area contributed by atoms with Crippen LogP contribution in [0.15, 0.2) is 42.3 Å². The van der Waals surface area contributed by atoms with Crippen molar-refractivity contribution in [3.05, 3.63) is 58.0 Å². The number of carbonyl (C=O) groups is 2. The second-order valence-corrected chi connectivity index (χ2v) is 7.14. The van der Waals surface area contributed by atoms with Gasteiger partial charge in [-0.15, -0.1) is 29.7 Å². The topological polar surface area (TPSA) is 98.5 Å². The molecule has 9 heteroatoms. The number of nitro benzene ring substituents is 1. The van der Waals surface area contributed by atoms with Crippen LogP contribution in [0.2, 0.25) is 0 Å². The minimum Gasteiger partial charge on any atom is -0.462 e. The lowest BCUT2D eigenvalue weighted by Gasteiger charge is -2.08. The van der Waals surface area contributed by atoms with E-state index >= 15 is 0 Å². The van der Waals surface area contributed by atoms with Gasteiger partial charge in [0.2, 0.25) is 5.91 Å². The number of amides is 1. The summed E-state index contributed by atoms with van der Waals surface area (Å²) < 4.78 is 5.11. The van der Waals surface area contributed by atoms with E-state index in [1.807, 2.05) is 0 Å². The number of non-ortho nitro benzene ring substituents is 1. The van der Waals surface area contributed by atoms with Crippen LogP contribution in [0, 0.1) is 10.1 Å². The van der Waals surface area contributed by atoms with Crippen LogP contribution in [-0.2, 0) is 9.53 Å². The minimum atomic E-state index is -0.589. The molecule has 27 heavy (non-hydrogen) atoms. The van der Waals surface area contributed by atoms with Crippen LogP contribution in [0.5, 0.6) is 0 Å². The lowest BCUT2D eigenvalue weighted by molar-refractivity contribution is -0.384. The van der Waals surface area contributed by atoms with Crippen molar-refractivity contribution in [2.75, 3.05) is 23.4 Å². The summed E-state index contributed by atoms with van der Waals surface area (Å²) in [4.78, 5) is 35.1. The van der Waals surface area contributed by atoms with Gasteiger partial charge in [-0.3, -0.25) is 14.9 Å². The predicted octanol–water partition coefficient (Wildman–Crippen LogP) is 4.36. The zero-order valence-electron chi connectivity index (χ0n) is 14.6. The van der Waals surface area contributed by atoms with Crippen molar-refractivity contribution in [3.8, 4) is 11.1 Å². The number of ether oxygens (including phenoxy) is 1. The smallest absolute Gasteiger partial charge is 0.341 e. The quantitative estimate of drug-likeness (QED) is 0.218. The molecule has 1 heterocycles. The van der Waals surface area contributed by atoms with Gasteiger partial charge in [0.05, 0.1) is 17.3 Å². The van der Waals surface area contributed by atoms with E-state index in [1.165, 1.54) is 35.2 Å². The van der Waals surface area contributed by atoms with Crippen LogP contribution in [0.4, 0.5) is 10.7 Å². The summed E-state index contributed by atoms with van der Waals surface area (Å²) in [5.74, 6) is 0.0222. The normalized spacial score (nSPS) is 10.3. The third kappa shape index (κ3) is 5.41. The van der Waals surface area contributed by atoms with Crippen LogP contribution in [0.1, 0.15) is 17.3 Å². The van der Waals surface area contributed by atoms with Gasteiger partial charge in [0.25, 0.3) is 5.69 Å². The minimum absolute atomic E-state index is 0.0834. The number of nitro groups is 1. The maximum absolute atomic E-state index is 12.5. The number of carbonyl (C=O) groups excluding carboxylic acids is 2. The molecule has 0 aliphatic carbocycles. The maximum atomic E-state index is 12.5. The highest BCUT2D eigenvalue weighted by atomic mass is 32.2. The molecule has 1 N–H and O–H groups in total. The summed E-state index contributed by atoms with van der Waals surface area (Å²) in [6.07, 6.45) is 1.70. The number of thiophene rings is 1. The van der Waals surface area contributed by atoms with E-state index < -0.39 is 10.9 Å². The third-order valence-corrected chi connectivity index (χ3v) is 5.19. The van der Waals surface area contributed by atoms with E-state index in [2.05, 4.69) is 11.9 Å². The molecule has 0 bridgehead atoms. The standard InChI is InChI=1S/C18H18N2O5S2/c1-3-8-26-11-15(21)19-17-16(18(22)25-4-2)14(10-27-17)12-6-5-7-13(9-12)20(23)24/h3,5-7,9-10H,1,4,8,11H2,2H3,(H,19,21). The highest BCUT2D eigenvalue weighted by Crippen LogP contribution is 2.37. The summed E-state index contributed by atoms with van der Waals surface area (Å²) in [6.45, 7) is 5.45. The number of anilines is 1. The lowest BCUT2D eigenvalue weighted by atomic mass is 10.0. The number of hydrogen-bond donors (Lipinski definition) is 1. The number of rotatable bonds is 9. The van der Waals surface area contributed by atoms with Crippen molar-refractivity contribution >= 4 is 45.7 Å². The largest absolute Gasteiger partial charge is 0.462 e. The average Bonchev–Trinajstić information content (AvgIpc) is 3.05. The van der Waals surface area contributed by atoms with E-state index in [1.54, 1.807) is 30.5 Å². The van der Waals surface area contributed by atoms with Gasteiger partial charge in [0.15, 0.2) is 0 Å². The number of hydrogen-bond acceptors (Lipinski definition) is 7. The Morgan fingerprint density at radius 3 is 2.89 bits per heavy atom. The van der Waals surface area contributed by atoms with E-state index in [-0.39, 0.29) is 29.5 Å². The van der Waals surface area contributed by atoms with Crippen molar-refractivity contribution in [1.82, 2.24) is 0 Å². The zero-order chi connectivity index (χ0) is 19.8. The number of nitrogens with zero attached hydrogens (tertiary/aromatic N) is 1. The van der Waals surface area contributed by atoms with Gasteiger partial charge in [-0.05, 0) is 12.5 Å². The Labute approximate surface area is 164 Å². The van der Waals surface area contributed by atoms with Crippen molar-refractivity contribution < 1.29 is 19.2 Å². The zero-order valence-corrected chi connectivity index (χ0v) is 16.2. The fraction of sp³-hybridized carbons (Fsp3) is 0.222. The predicted molar refractivity (Wildman–Crippen MR) is 109 cm³/mol. The summed E-state index contributed by atoms with van der Waals surface area (Å²) in [7, 11) is 0. The molecule has 1 aromatic heterocycles. The molecule has 0 aliphatic heterocycles. The molecule has 1 aromatic carbocycles. The van der Waals surface area contributed by atoms with Gasteiger partial charge in [0, 0.05) is 28.8 Å². The monoisotopic (exact) mass is 406 g/mol. The number of thioether (sulfide) groups is 1. The molecule has 0 radical (unpaired) electrons. The summed E-state index contributed by atoms with van der Waals surface area (Å²) >= 11 is 2.57. The van der Waals surface area contributed by atoms with Crippen molar-refractivity contribution in [2.24, 2.45) is 0 Å². The van der Waals surface area contributed by atoms with Gasteiger partial charge in [-0.25, -0.2) is 4.79 Å². The highest BCUT2D eigenvalue weighted by molar-refractivity contribution is 8.00. The second kappa shape index (κ2) is 9.89. The second-order valence-electron chi connectivity index (χ2n) is 5.23. The molecule has 142 valence electrons. The molecule has 0 aliphatic rings. The molecule has 0 atom stereocenters. The van der Waals surface area contributed by atoms with Crippen LogP contribution in [0.3, 0.4) is 0 Å². The molecule has 7 nitrogen and oxygen atoms in total. The van der Waals surface area contributed by atoms with Crippen LogP contribution >= 0.6 is 23.1 Å². The average molecular weight is 406 g/mol. The Bertz CT molecular complexity index is 863. The van der Waals surface area contributed by atoms with Crippen molar-refractivity contribution in [3.63, 3.8) is 0 Å². The Morgan fingerprint density at radius 2 is 2.22 bits per heavy atom. The number of nitrogens with one attached hydrogen (secondary N) is 1. The molecular formula is C18H18N2O5S2. The van der Waals surface area contributed by atoms with E-state index in [0.29, 0.717) is 21.9 Å². The van der Waals surface area contributed by atoms with Gasteiger partial charge in [-0.1, -0.05) is 18.2 Å². The number of benzene rings is 1. The van der Waals surface area contributed by atoms with E-state index in [9.17, 15) is 19.7 Å². The van der Waals surface area contributed by atoms with Crippen LogP contribution in [0.25, 0.3) is 11.1 Å². The number of esters is 1. The molecule has 2 rings (SSSR count). The van der Waals surface area contributed by atoms with E-state index in [0.717, 1.165) is 0 Å². The van der Waals surface area contributed by atoms with E-state index in [4.69, 9.17) is 4.74 Å². The molecular weight excluding hydrogens is 388 g/mol. The molecule has 2 aromatic rings.